The van der Waals surface area contributed by atoms with Crippen molar-refractivity contribution in [3.05, 3.63) is 59.9 Å². The van der Waals surface area contributed by atoms with Gasteiger partial charge >= 0.3 is 0 Å². The van der Waals surface area contributed by atoms with Gasteiger partial charge in [-0.3, -0.25) is 0 Å². The van der Waals surface area contributed by atoms with E-state index in [-0.39, 0.29) is 17.2 Å². The summed E-state index contributed by atoms with van der Waals surface area (Å²) in [5.41, 5.74) is 7.56. The number of halogens is 1. The maximum Gasteiger partial charge on any atom is 0.173 e. The Morgan fingerprint density at radius 3 is 2.42 bits per heavy atom. The Bertz CT molecular complexity index is 894. The summed E-state index contributed by atoms with van der Waals surface area (Å²) in [5, 5.41) is 16.7. The Morgan fingerprint density at radius 2 is 1.83 bits per heavy atom. The van der Waals surface area contributed by atoms with Crippen molar-refractivity contribution in [3.63, 3.8) is 0 Å². The molecular formula is C17H14FN5O. The van der Waals surface area contributed by atoms with Crippen molar-refractivity contribution in [2.45, 2.75) is 0 Å². The SMILES string of the molecule is COc1ccc(-n2nc(Nc3ccc(F)cc3)c(C#N)c2N)cc1. The third-order valence-corrected chi connectivity index (χ3v) is 3.46. The van der Waals surface area contributed by atoms with Crippen LogP contribution in [-0.4, -0.2) is 16.9 Å². The Hall–Kier alpha value is -3.53. The van der Waals surface area contributed by atoms with Gasteiger partial charge in [-0.15, -0.1) is 5.10 Å². The molecule has 2 aromatic carbocycles. The number of hydrogen-bond acceptors (Lipinski definition) is 5. The van der Waals surface area contributed by atoms with E-state index in [0.29, 0.717) is 22.9 Å². The lowest BCUT2D eigenvalue weighted by molar-refractivity contribution is 0.414. The standard InChI is InChI=1S/C17H14FN5O/c1-24-14-8-6-13(7-9-14)23-16(20)15(10-19)17(22-23)21-12-4-2-11(18)3-5-12/h2-9H,20H2,1H3,(H,21,22). The van der Waals surface area contributed by atoms with Gasteiger partial charge in [0.05, 0.1) is 12.8 Å². The van der Waals surface area contributed by atoms with Crippen LogP contribution in [0.1, 0.15) is 5.56 Å². The lowest BCUT2D eigenvalue weighted by Crippen LogP contribution is -2.02. The second-order valence-corrected chi connectivity index (χ2v) is 4.96. The number of ether oxygens (including phenoxy) is 1. The van der Waals surface area contributed by atoms with Gasteiger partial charge in [0.15, 0.2) is 5.82 Å². The average molecular weight is 323 g/mol. The molecule has 120 valence electrons. The number of anilines is 3. The van der Waals surface area contributed by atoms with E-state index in [2.05, 4.69) is 10.4 Å². The van der Waals surface area contributed by atoms with Crippen LogP contribution in [0.2, 0.25) is 0 Å². The summed E-state index contributed by atoms with van der Waals surface area (Å²) >= 11 is 0. The van der Waals surface area contributed by atoms with E-state index in [4.69, 9.17) is 10.5 Å². The van der Waals surface area contributed by atoms with Gasteiger partial charge in [-0.05, 0) is 48.5 Å². The lowest BCUT2D eigenvalue weighted by Gasteiger charge is -2.05. The van der Waals surface area contributed by atoms with E-state index >= 15 is 0 Å². The molecular weight excluding hydrogens is 309 g/mol. The minimum atomic E-state index is -0.343. The Labute approximate surface area is 137 Å². The number of methoxy groups -OCH3 is 1. The highest BCUT2D eigenvalue weighted by atomic mass is 19.1. The first kappa shape index (κ1) is 15.4. The van der Waals surface area contributed by atoms with E-state index < -0.39 is 0 Å². The molecule has 3 rings (SSSR count). The number of nitrogens with zero attached hydrogens (tertiary/aromatic N) is 3. The monoisotopic (exact) mass is 323 g/mol. The predicted molar refractivity (Wildman–Crippen MR) is 88.9 cm³/mol. The molecule has 0 spiro atoms. The highest BCUT2D eigenvalue weighted by Gasteiger charge is 2.17. The maximum absolute atomic E-state index is 13.0. The summed E-state index contributed by atoms with van der Waals surface area (Å²) in [5.74, 6) is 0.878. The second-order valence-electron chi connectivity index (χ2n) is 4.96. The van der Waals surface area contributed by atoms with Crippen LogP contribution in [0.5, 0.6) is 5.75 Å². The first-order valence-electron chi connectivity index (χ1n) is 7.08. The predicted octanol–water partition coefficient (Wildman–Crippen LogP) is 3.22. The van der Waals surface area contributed by atoms with Crippen molar-refractivity contribution < 1.29 is 9.13 Å². The number of nitrogens with one attached hydrogen (secondary N) is 1. The molecule has 0 saturated carbocycles. The van der Waals surface area contributed by atoms with Crippen LogP contribution < -0.4 is 15.8 Å². The van der Waals surface area contributed by atoms with Gasteiger partial charge in [-0.1, -0.05) is 0 Å². The molecule has 0 saturated heterocycles. The van der Waals surface area contributed by atoms with Gasteiger partial charge in [0.25, 0.3) is 0 Å². The van der Waals surface area contributed by atoms with E-state index in [9.17, 15) is 9.65 Å². The molecule has 1 heterocycles. The summed E-state index contributed by atoms with van der Waals surface area (Å²) in [6.07, 6.45) is 0. The number of benzene rings is 2. The Morgan fingerprint density at radius 1 is 1.17 bits per heavy atom. The van der Waals surface area contributed by atoms with Gasteiger partial charge in [0.2, 0.25) is 0 Å². The topological polar surface area (TPSA) is 88.9 Å². The number of nitriles is 1. The molecule has 3 aromatic rings. The van der Waals surface area contributed by atoms with Crippen molar-refractivity contribution in [1.29, 1.82) is 5.26 Å². The first-order chi connectivity index (χ1) is 11.6. The molecule has 0 atom stereocenters. The van der Waals surface area contributed by atoms with Crippen LogP contribution >= 0.6 is 0 Å². The zero-order valence-electron chi connectivity index (χ0n) is 12.8. The summed E-state index contributed by atoms with van der Waals surface area (Å²) in [7, 11) is 1.58. The molecule has 0 unspecified atom stereocenters. The maximum atomic E-state index is 13.0. The van der Waals surface area contributed by atoms with Crippen molar-refractivity contribution in [2.75, 3.05) is 18.2 Å². The Kier molecular flexibility index (Phi) is 4.03. The summed E-state index contributed by atoms with van der Waals surface area (Å²) in [6, 6.07) is 14.9. The number of nitrogen functional groups attached to an aromatic ring is 1. The average Bonchev–Trinajstić information content (AvgIpc) is 2.92. The fourth-order valence-corrected chi connectivity index (χ4v) is 2.22. The molecule has 24 heavy (non-hydrogen) atoms. The quantitative estimate of drug-likeness (QED) is 0.769. The van der Waals surface area contributed by atoms with E-state index in [1.54, 1.807) is 43.5 Å². The second kappa shape index (κ2) is 6.30. The van der Waals surface area contributed by atoms with Gasteiger partial charge in [0, 0.05) is 5.69 Å². The smallest absolute Gasteiger partial charge is 0.173 e. The molecule has 0 aliphatic heterocycles. The minimum absolute atomic E-state index is 0.215. The fourth-order valence-electron chi connectivity index (χ4n) is 2.22. The zero-order chi connectivity index (χ0) is 17.1. The molecule has 0 radical (unpaired) electrons. The van der Waals surface area contributed by atoms with E-state index in [1.807, 2.05) is 6.07 Å². The molecule has 0 aliphatic carbocycles. The number of aromatic nitrogens is 2. The van der Waals surface area contributed by atoms with Gasteiger partial charge in [-0.2, -0.15) is 5.26 Å². The van der Waals surface area contributed by atoms with Crippen molar-refractivity contribution in [1.82, 2.24) is 9.78 Å². The molecule has 7 heteroatoms. The zero-order valence-corrected chi connectivity index (χ0v) is 12.8. The molecule has 0 aliphatic rings. The van der Waals surface area contributed by atoms with Crippen LogP contribution in [0.25, 0.3) is 5.69 Å². The van der Waals surface area contributed by atoms with E-state index in [1.165, 1.54) is 16.8 Å². The number of nitrogens with two attached hydrogens (primary N) is 1. The third kappa shape index (κ3) is 2.85. The fraction of sp³-hybridized carbons (Fsp3) is 0.0588. The van der Waals surface area contributed by atoms with Crippen molar-refractivity contribution in [3.8, 4) is 17.5 Å². The molecule has 1 aromatic heterocycles. The lowest BCUT2D eigenvalue weighted by atomic mass is 10.2. The van der Waals surface area contributed by atoms with Crippen molar-refractivity contribution >= 4 is 17.3 Å². The third-order valence-electron chi connectivity index (χ3n) is 3.46. The molecule has 6 nitrogen and oxygen atoms in total. The van der Waals surface area contributed by atoms with Gasteiger partial charge < -0.3 is 15.8 Å². The van der Waals surface area contributed by atoms with Crippen LogP contribution in [-0.2, 0) is 0 Å². The van der Waals surface area contributed by atoms with Crippen LogP contribution in [0, 0.1) is 17.1 Å². The van der Waals surface area contributed by atoms with Crippen LogP contribution in [0.3, 0.4) is 0 Å². The summed E-state index contributed by atoms with van der Waals surface area (Å²) in [6.45, 7) is 0. The van der Waals surface area contributed by atoms with Crippen molar-refractivity contribution in [2.24, 2.45) is 0 Å². The summed E-state index contributed by atoms with van der Waals surface area (Å²) in [4.78, 5) is 0. The molecule has 0 bridgehead atoms. The van der Waals surface area contributed by atoms with Gasteiger partial charge in [-0.25, -0.2) is 9.07 Å². The first-order valence-corrected chi connectivity index (χ1v) is 7.08. The minimum Gasteiger partial charge on any atom is -0.497 e. The molecule has 0 amide bonds. The van der Waals surface area contributed by atoms with Gasteiger partial charge in [0.1, 0.15) is 29.0 Å². The highest BCUT2D eigenvalue weighted by Crippen LogP contribution is 2.27. The van der Waals surface area contributed by atoms with Crippen LogP contribution in [0.15, 0.2) is 48.5 Å². The Balaban J connectivity index is 1.98. The largest absolute Gasteiger partial charge is 0.497 e. The van der Waals surface area contributed by atoms with Crippen LogP contribution in [0.4, 0.5) is 21.7 Å². The number of rotatable bonds is 4. The highest BCUT2D eigenvalue weighted by molar-refractivity contribution is 5.70. The number of hydrogen-bond donors (Lipinski definition) is 2. The van der Waals surface area contributed by atoms with E-state index in [0.717, 1.165) is 0 Å². The molecule has 0 fully saturated rings. The summed E-state index contributed by atoms with van der Waals surface area (Å²) < 4.78 is 19.6. The molecule has 3 N–H and O–H groups in total. The normalized spacial score (nSPS) is 10.2.